The van der Waals surface area contributed by atoms with Crippen molar-refractivity contribution in [2.24, 2.45) is 5.41 Å². The van der Waals surface area contributed by atoms with Gasteiger partial charge in [-0.1, -0.05) is 0 Å². The second-order valence-electron chi connectivity index (χ2n) is 15.5. The molecule has 4 amide bonds. The predicted molar refractivity (Wildman–Crippen MR) is 187 cm³/mol. The average Bonchev–Trinajstić information content (AvgIpc) is 3.44. The zero-order valence-electron chi connectivity index (χ0n) is 30.1. The molecular formula is C37H49N7O6. The topological polar surface area (TPSA) is 112 Å². The second-order valence-corrected chi connectivity index (χ2v) is 15.5. The summed E-state index contributed by atoms with van der Waals surface area (Å²) in [6.07, 6.45) is 5.96. The summed E-state index contributed by atoms with van der Waals surface area (Å²) in [7, 11) is 3.14. The lowest BCUT2D eigenvalue weighted by Crippen LogP contribution is -2.69. The van der Waals surface area contributed by atoms with Crippen molar-refractivity contribution in [1.29, 1.82) is 0 Å². The van der Waals surface area contributed by atoms with E-state index in [-0.39, 0.29) is 36.4 Å². The fraction of sp³-hybridized carbons (Fsp3) is 0.568. The minimum atomic E-state index is -0.464. The van der Waals surface area contributed by atoms with Crippen LogP contribution in [0.1, 0.15) is 58.1 Å². The van der Waals surface area contributed by atoms with E-state index in [1.165, 1.54) is 4.90 Å². The Labute approximate surface area is 293 Å². The Morgan fingerprint density at radius 1 is 1.00 bits per heavy atom. The Kier molecular flexibility index (Phi) is 8.92. The molecule has 13 heteroatoms. The second kappa shape index (κ2) is 13.1. The summed E-state index contributed by atoms with van der Waals surface area (Å²) in [4.78, 5) is 49.2. The number of carbonyl (C=O) groups excluding carboxylic acids is 3. The number of aromatic nitrogens is 2. The fourth-order valence-corrected chi connectivity index (χ4v) is 8.18. The highest BCUT2D eigenvalue weighted by atomic mass is 16.6. The minimum Gasteiger partial charge on any atom is -0.497 e. The van der Waals surface area contributed by atoms with Crippen molar-refractivity contribution in [2.45, 2.75) is 77.7 Å². The van der Waals surface area contributed by atoms with E-state index < -0.39 is 5.60 Å². The molecule has 50 heavy (non-hydrogen) atoms. The van der Waals surface area contributed by atoms with Crippen LogP contribution in [0.3, 0.4) is 0 Å². The fourth-order valence-electron chi connectivity index (χ4n) is 8.18. The van der Waals surface area contributed by atoms with E-state index >= 15 is 0 Å². The largest absolute Gasteiger partial charge is 0.497 e. The molecule has 0 unspecified atom stereocenters. The van der Waals surface area contributed by atoms with E-state index in [1.54, 1.807) is 42.0 Å². The van der Waals surface area contributed by atoms with E-state index in [0.29, 0.717) is 35.8 Å². The molecule has 0 N–H and O–H groups in total. The molecule has 1 atom stereocenters. The zero-order valence-corrected chi connectivity index (χ0v) is 30.1. The first-order valence-corrected chi connectivity index (χ1v) is 17.6. The number of likely N-dealkylation sites (tertiary alicyclic amines) is 1. The number of anilines is 1. The molecule has 5 heterocycles. The van der Waals surface area contributed by atoms with Gasteiger partial charge in [-0.2, -0.15) is 5.10 Å². The van der Waals surface area contributed by atoms with Crippen LogP contribution in [0.25, 0.3) is 5.52 Å². The van der Waals surface area contributed by atoms with Crippen molar-refractivity contribution < 1.29 is 28.6 Å². The van der Waals surface area contributed by atoms with Crippen molar-refractivity contribution in [1.82, 2.24) is 29.2 Å². The van der Waals surface area contributed by atoms with Crippen LogP contribution in [0, 0.1) is 5.41 Å². The Bertz CT molecular complexity index is 1770. The van der Waals surface area contributed by atoms with Crippen molar-refractivity contribution in [3.63, 3.8) is 0 Å². The van der Waals surface area contributed by atoms with Gasteiger partial charge in [0.2, 0.25) is 5.91 Å². The number of piperazine rings is 1. The van der Waals surface area contributed by atoms with Crippen molar-refractivity contribution in [2.75, 3.05) is 58.4 Å². The third-order valence-corrected chi connectivity index (χ3v) is 10.7. The molecule has 4 aliphatic rings. The van der Waals surface area contributed by atoms with Gasteiger partial charge in [-0.15, -0.1) is 0 Å². The summed E-state index contributed by atoms with van der Waals surface area (Å²) in [5.74, 6) is 0.971. The van der Waals surface area contributed by atoms with E-state index in [2.05, 4.69) is 34.0 Å². The number of hydrogen-bond donors (Lipinski definition) is 0. The number of ether oxygens (including phenoxy) is 3. The minimum absolute atomic E-state index is 0.0995. The van der Waals surface area contributed by atoms with Gasteiger partial charge >= 0.3 is 12.1 Å². The van der Waals surface area contributed by atoms with Crippen LogP contribution in [-0.2, 0) is 22.6 Å². The smallest absolute Gasteiger partial charge is 0.410 e. The molecule has 1 aliphatic carbocycles. The van der Waals surface area contributed by atoms with Gasteiger partial charge in [-0.3, -0.25) is 24.4 Å². The van der Waals surface area contributed by atoms with Gasteiger partial charge in [0.05, 0.1) is 38.2 Å². The number of hydrogen-bond acceptors (Lipinski definition) is 9. The molecule has 0 bridgehead atoms. The average molecular weight is 688 g/mol. The summed E-state index contributed by atoms with van der Waals surface area (Å²) >= 11 is 0. The van der Waals surface area contributed by atoms with Gasteiger partial charge in [0.1, 0.15) is 17.1 Å². The Hall–Kier alpha value is -4.36. The highest BCUT2D eigenvalue weighted by Crippen LogP contribution is 2.51. The van der Waals surface area contributed by atoms with Crippen LogP contribution in [0.2, 0.25) is 0 Å². The third-order valence-electron chi connectivity index (χ3n) is 10.7. The molecular weight excluding hydrogens is 638 g/mol. The van der Waals surface area contributed by atoms with Gasteiger partial charge < -0.3 is 19.1 Å². The number of pyridine rings is 1. The van der Waals surface area contributed by atoms with Gasteiger partial charge in [-0.25, -0.2) is 14.1 Å². The molecule has 0 radical (unpaired) electrons. The van der Waals surface area contributed by atoms with Crippen molar-refractivity contribution in [3.8, 4) is 11.5 Å². The molecule has 4 fully saturated rings. The number of nitrogens with zero attached hydrogens (tertiary/aromatic N) is 7. The summed E-state index contributed by atoms with van der Waals surface area (Å²) in [6, 6.07) is 10.2. The van der Waals surface area contributed by atoms with E-state index in [1.807, 2.05) is 37.9 Å². The van der Waals surface area contributed by atoms with Crippen LogP contribution in [0.5, 0.6) is 11.5 Å². The normalized spacial score (nSPS) is 21.8. The number of carbonyl (C=O) groups is 3. The number of imide groups is 1. The summed E-state index contributed by atoms with van der Waals surface area (Å²) in [5, 5.41) is 4.54. The molecule has 7 rings (SSSR count). The molecule has 268 valence electrons. The molecule has 3 saturated heterocycles. The standard InChI is InChI=1S/C37H49N7O6/c1-25-20-39(13-14-41(25)28-17-37(18-28)23-40(24-37)35(47)50-36(2,3)4)21-26-9-12-44-30(15-26)31(19-38-44)42-11-10-33(45)43(34(42)46)22-27-7-8-29(48-5)16-32(27)49-6/h7-9,12,15-16,19,25,28H,10-11,13-14,17-18,20-24H2,1-6H3/t25-/m0/s1. The quantitative estimate of drug-likeness (QED) is 0.335. The zero-order chi connectivity index (χ0) is 35.4. The first kappa shape index (κ1) is 34.1. The molecule has 3 aliphatic heterocycles. The van der Waals surface area contributed by atoms with Crippen molar-refractivity contribution in [3.05, 3.63) is 53.9 Å². The number of methoxy groups -OCH3 is 2. The predicted octanol–water partition coefficient (Wildman–Crippen LogP) is 4.62. The SMILES string of the molecule is COc1ccc(CN2C(=O)CCN(c3cnn4ccc(CN5CCN(C6CC7(C6)CN(C(=O)OC(C)(C)C)C7)[C@@H](C)C5)cc34)C2=O)c(OC)c1. The molecule has 1 spiro atoms. The van der Waals surface area contributed by atoms with Gasteiger partial charge in [-0.05, 0) is 70.4 Å². The maximum atomic E-state index is 13.8. The molecule has 2 aromatic heterocycles. The van der Waals surface area contributed by atoms with Crippen LogP contribution >= 0.6 is 0 Å². The van der Waals surface area contributed by atoms with Crippen molar-refractivity contribution >= 4 is 29.2 Å². The van der Waals surface area contributed by atoms with E-state index in [4.69, 9.17) is 14.2 Å². The number of benzene rings is 1. The Morgan fingerprint density at radius 2 is 1.78 bits per heavy atom. The van der Waals surface area contributed by atoms with Crippen LogP contribution < -0.4 is 14.4 Å². The maximum absolute atomic E-state index is 13.8. The highest BCUT2D eigenvalue weighted by molar-refractivity contribution is 6.07. The first-order valence-electron chi connectivity index (χ1n) is 17.6. The number of urea groups is 1. The van der Waals surface area contributed by atoms with Crippen LogP contribution in [0.15, 0.2) is 42.7 Å². The number of rotatable bonds is 8. The third kappa shape index (κ3) is 6.60. The first-order chi connectivity index (χ1) is 23.8. The van der Waals surface area contributed by atoms with Gasteiger partial charge in [0.25, 0.3) is 0 Å². The van der Waals surface area contributed by atoms with Gasteiger partial charge in [0, 0.05) is 87.6 Å². The lowest BCUT2D eigenvalue weighted by molar-refractivity contribution is -0.129. The Balaban J connectivity index is 0.962. The Morgan fingerprint density at radius 3 is 2.48 bits per heavy atom. The van der Waals surface area contributed by atoms with Gasteiger partial charge in [0.15, 0.2) is 0 Å². The van der Waals surface area contributed by atoms with Crippen LogP contribution in [0.4, 0.5) is 15.3 Å². The lowest BCUT2D eigenvalue weighted by Gasteiger charge is -2.62. The van der Waals surface area contributed by atoms with Crippen LogP contribution in [-0.4, -0.2) is 118 Å². The lowest BCUT2D eigenvalue weighted by atomic mass is 9.60. The highest BCUT2D eigenvalue weighted by Gasteiger charge is 2.56. The molecule has 1 saturated carbocycles. The summed E-state index contributed by atoms with van der Waals surface area (Å²) in [6.45, 7) is 13.8. The number of amides is 4. The molecule has 1 aromatic carbocycles. The molecule has 3 aromatic rings. The monoisotopic (exact) mass is 687 g/mol. The molecule has 13 nitrogen and oxygen atoms in total. The number of fused-ring (bicyclic) bond motifs is 1. The summed E-state index contributed by atoms with van der Waals surface area (Å²) < 4.78 is 18.2. The van der Waals surface area contributed by atoms with E-state index in [9.17, 15) is 14.4 Å². The summed E-state index contributed by atoms with van der Waals surface area (Å²) in [5.41, 5.74) is 3.19. The maximum Gasteiger partial charge on any atom is 0.410 e. The van der Waals surface area contributed by atoms with E-state index in [0.717, 1.165) is 68.8 Å².